The van der Waals surface area contributed by atoms with Gasteiger partial charge in [-0.2, -0.15) is 5.26 Å². The summed E-state index contributed by atoms with van der Waals surface area (Å²) in [5, 5.41) is 8.96. The van der Waals surface area contributed by atoms with E-state index in [1.807, 2.05) is 30.3 Å². The van der Waals surface area contributed by atoms with Crippen molar-refractivity contribution < 1.29 is 4.42 Å². The number of rotatable bonds is 4. The summed E-state index contributed by atoms with van der Waals surface area (Å²) >= 11 is 0. The number of fused-ring (bicyclic) bond motifs is 1. The van der Waals surface area contributed by atoms with Crippen LogP contribution in [-0.2, 0) is 19.4 Å². The molecular formula is C16H15N3O. The lowest BCUT2D eigenvalue weighted by atomic mass is 10.2. The van der Waals surface area contributed by atoms with Crippen molar-refractivity contribution in [1.82, 2.24) is 9.55 Å². The lowest BCUT2D eigenvalue weighted by molar-refractivity contribution is 0.504. The molecular weight excluding hydrogens is 250 g/mol. The first-order valence-corrected chi connectivity index (χ1v) is 6.73. The van der Waals surface area contributed by atoms with Gasteiger partial charge in [0.05, 0.1) is 28.9 Å². The SMILES string of the molecule is CCn1c(CCc2ccco2)nc2cc(C#N)ccc21. The van der Waals surface area contributed by atoms with Crippen molar-refractivity contribution in [2.45, 2.75) is 26.3 Å². The van der Waals surface area contributed by atoms with Gasteiger partial charge in [0.2, 0.25) is 0 Å². The summed E-state index contributed by atoms with van der Waals surface area (Å²) in [6.07, 6.45) is 3.36. The first-order valence-electron chi connectivity index (χ1n) is 6.73. The molecule has 0 saturated heterocycles. The highest BCUT2D eigenvalue weighted by atomic mass is 16.3. The van der Waals surface area contributed by atoms with E-state index in [0.29, 0.717) is 5.56 Å². The molecule has 4 nitrogen and oxygen atoms in total. The van der Waals surface area contributed by atoms with Crippen LogP contribution in [0.15, 0.2) is 41.0 Å². The van der Waals surface area contributed by atoms with Crippen molar-refractivity contribution in [3.8, 4) is 6.07 Å². The van der Waals surface area contributed by atoms with Gasteiger partial charge in [0, 0.05) is 19.4 Å². The standard InChI is InChI=1S/C16H15N3O/c1-2-19-15-7-5-12(11-17)10-14(15)18-16(19)8-6-13-4-3-9-20-13/h3-5,7,9-10H,2,6,8H2,1H3. The first kappa shape index (κ1) is 12.5. The predicted octanol–water partition coefficient (Wildman–Crippen LogP) is 3.31. The summed E-state index contributed by atoms with van der Waals surface area (Å²) in [7, 11) is 0. The molecule has 0 aliphatic rings. The first-order chi connectivity index (χ1) is 9.81. The fourth-order valence-electron chi connectivity index (χ4n) is 2.48. The Bertz CT molecular complexity index is 763. The molecule has 0 spiro atoms. The number of aromatic nitrogens is 2. The largest absolute Gasteiger partial charge is 0.469 e. The van der Waals surface area contributed by atoms with Gasteiger partial charge >= 0.3 is 0 Å². The summed E-state index contributed by atoms with van der Waals surface area (Å²) in [6, 6.07) is 11.7. The highest BCUT2D eigenvalue weighted by Gasteiger charge is 2.10. The maximum atomic E-state index is 8.96. The molecule has 0 N–H and O–H groups in total. The highest BCUT2D eigenvalue weighted by Crippen LogP contribution is 2.19. The van der Waals surface area contributed by atoms with Crippen molar-refractivity contribution in [3.63, 3.8) is 0 Å². The van der Waals surface area contributed by atoms with Crippen LogP contribution in [0.3, 0.4) is 0 Å². The van der Waals surface area contributed by atoms with Crippen molar-refractivity contribution >= 4 is 11.0 Å². The second-order valence-electron chi connectivity index (χ2n) is 4.67. The third kappa shape index (κ3) is 2.19. The van der Waals surface area contributed by atoms with Gasteiger partial charge in [-0.05, 0) is 37.3 Å². The van der Waals surface area contributed by atoms with E-state index in [1.165, 1.54) is 0 Å². The Morgan fingerprint density at radius 2 is 2.20 bits per heavy atom. The molecule has 0 aliphatic heterocycles. The van der Waals surface area contributed by atoms with E-state index in [9.17, 15) is 0 Å². The van der Waals surface area contributed by atoms with Crippen LogP contribution in [-0.4, -0.2) is 9.55 Å². The maximum absolute atomic E-state index is 8.96. The topological polar surface area (TPSA) is 54.8 Å². The van der Waals surface area contributed by atoms with Gasteiger partial charge < -0.3 is 8.98 Å². The van der Waals surface area contributed by atoms with E-state index < -0.39 is 0 Å². The predicted molar refractivity (Wildman–Crippen MR) is 76.2 cm³/mol. The second kappa shape index (κ2) is 5.22. The smallest absolute Gasteiger partial charge is 0.110 e. The molecule has 0 unspecified atom stereocenters. The fraction of sp³-hybridized carbons (Fsp3) is 0.250. The zero-order chi connectivity index (χ0) is 13.9. The quantitative estimate of drug-likeness (QED) is 0.727. The summed E-state index contributed by atoms with van der Waals surface area (Å²) in [5.41, 5.74) is 2.62. The van der Waals surface area contributed by atoms with E-state index >= 15 is 0 Å². The molecule has 100 valence electrons. The van der Waals surface area contributed by atoms with Gasteiger partial charge in [-0.15, -0.1) is 0 Å². The number of hydrogen-bond donors (Lipinski definition) is 0. The normalized spacial score (nSPS) is 10.8. The minimum atomic E-state index is 0.649. The summed E-state index contributed by atoms with van der Waals surface area (Å²) < 4.78 is 7.55. The molecule has 3 aromatic rings. The molecule has 0 radical (unpaired) electrons. The maximum Gasteiger partial charge on any atom is 0.110 e. The molecule has 0 amide bonds. The molecule has 0 fully saturated rings. The number of nitriles is 1. The Balaban J connectivity index is 1.95. The van der Waals surface area contributed by atoms with Crippen LogP contribution in [0.2, 0.25) is 0 Å². The van der Waals surface area contributed by atoms with Gasteiger partial charge in [0.1, 0.15) is 11.6 Å². The lowest BCUT2D eigenvalue weighted by Crippen LogP contribution is -2.03. The Hall–Kier alpha value is -2.54. The van der Waals surface area contributed by atoms with Crippen LogP contribution >= 0.6 is 0 Å². The van der Waals surface area contributed by atoms with Crippen molar-refractivity contribution in [2.24, 2.45) is 0 Å². The highest BCUT2D eigenvalue weighted by molar-refractivity contribution is 5.77. The summed E-state index contributed by atoms with van der Waals surface area (Å²) in [4.78, 5) is 4.66. The Morgan fingerprint density at radius 1 is 1.30 bits per heavy atom. The van der Waals surface area contributed by atoms with Crippen molar-refractivity contribution in [3.05, 3.63) is 53.7 Å². The average Bonchev–Trinajstić information content (AvgIpc) is 3.10. The van der Waals surface area contributed by atoms with Gasteiger partial charge in [0.15, 0.2) is 0 Å². The zero-order valence-corrected chi connectivity index (χ0v) is 11.3. The molecule has 4 heteroatoms. The number of imidazole rings is 1. The van der Waals surface area contributed by atoms with E-state index in [2.05, 4.69) is 22.5 Å². The monoisotopic (exact) mass is 265 g/mol. The number of nitrogens with zero attached hydrogens (tertiary/aromatic N) is 3. The van der Waals surface area contributed by atoms with Gasteiger partial charge in [0.25, 0.3) is 0 Å². The molecule has 1 aromatic carbocycles. The van der Waals surface area contributed by atoms with Crippen LogP contribution in [0.1, 0.15) is 24.1 Å². The van der Waals surface area contributed by atoms with Crippen LogP contribution < -0.4 is 0 Å². The zero-order valence-electron chi connectivity index (χ0n) is 11.3. The molecule has 0 bridgehead atoms. The number of benzene rings is 1. The van der Waals surface area contributed by atoms with E-state index in [0.717, 1.165) is 42.0 Å². The van der Waals surface area contributed by atoms with E-state index in [-0.39, 0.29) is 0 Å². The number of aryl methyl sites for hydroxylation is 3. The lowest BCUT2D eigenvalue weighted by Gasteiger charge is -2.05. The Kier molecular flexibility index (Phi) is 3.26. The molecule has 2 heterocycles. The Morgan fingerprint density at radius 3 is 2.90 bits per heavy atom. The molecule has 20 heavy (non-hydrogen) atoms. The van der Waals surface area contributed by atoms with Gasteiger partial charge in [-0.1, -0.05) is 0 Å². The average molecular weight is 265 g/mol. The Labute approximate surface area is 117 Å². The molecule has 0 atom stereocenters. The van der Waals surface area contributed by atoms with Gasteiger partial charge in [-0.25, -0.2) is 4.98 Å². The summed E-state index contributed by atoms with van der Waals surface area (Å²) in [6.45, 7) is 2.98. The van der Waals surface area contributed by atoms with E-state index in [4.69, 9.17) is 9.68 Å². The third-order valence-corrected chi connectivity index (χ3v) is 3.45. The minimum Gasteiger partial charge on any atom is -0.469 e. The molecule has 0 aliphatic carbocycles. The van der Waals surface area contributed by atoms with Crippen LogP contribution in [0, 0.1) is 11.3 Å². The minimum absolute atomic E-state index is 0.649. The second-order valence-corrected chi connectivity index (χ2v) is 4.67. The molecule has 0 saturated carbocycles. The summed E-state index contributed by atoms with van der Waals surface area (Å²) in [5.74, 6) is 2.01. The fourth-order valence-corrected chi connectivity index (χ4v) is 2.48. The van der Waals surface area contributed by atoms with Crippen molar-refractivity contribution in [2.75, 3.05) is 0 Å². The third-order valence-electron chi connectivity index (χ3n) is 3.45. The molecule has 3 rings (SSSR count). The van der Waals surface area contributed by atoms with Crippen LogP contribution in [0.4, 0.5) is 0 Å². The van der Waals surface area contributed by atoms with Crippen molar-refractivity contribution in [1.29, 1.82) is 5.26 Å². The van der Waals surface area contributed by atoms with Crippen LogP contribution in [0.25, 0.3) is 11.0 Å². The molecule has 2 aromatic heterocycles. The number of hydrogen-bond acceptors (Lipinski definition) is 3. The van der Waals surface area contributed by atoms with Crippen LogP contribution in [0.5, 0.6) is 0 Å². The van der Waals surface area contributed by atoms with Gasteiger partial charge in [-0.3, -0.25) is 0 Å². The number of furan rings is 1. The van der Waals surface area contributed by atoms with E-state index in [1.54, 1.807) is 6.26 Å².